The van der Waals surface area contributed by atoms with Gasteiger partial charge in [-0.1, -0.05) is 18.2 Å². The number of rotatable bonds is 4. The Hall–Kier alpha value is -2.00. The van der Waals surface area contributed by atoms with E-state index in [1.54, 1.807) is 0 Å². The highest BCUT2D eigenvalue weighted by atomic mass is 16.5. The first kappa shape index (κ1) is 13.0. The largest absolute Gasteiger partial charge is 0.493 e. The summed E-state index contributed by atoms with van der Waals surface area (Å²) in [5, 5.41) is 0. The van der Waals surface area contributed by atoms with Crippen molar-refractivity contribution in [2.75, 3.05) is 19.8 Å². The topological polar surface area (TPSA) is 44.5 Å². The minimum Gasteiger partial charge on any atom is -0.493 e. The molecule has 1 aliphatic rings. The number of benzene rings is 2. The minimum atomic E-state index is 0.534. The van der Waals surface area contributed by atoms with Crippen LogP contribution in [0.1, 0.15) is 12.0 Å². The van der Waals surface area contributed by atoms with E-state index in [0.717, 1.165) is 30.9 Å². The maximum Gasteiger partial charge on any atom is 0.122 e. The van der Waals surface area contributed by atoms with Gasteiger partial charge in [0.1, 0.15) is 18.1 Å². The van der Waals surface area contributed by atoms with Gasteiger partial charge in [-0.25, -0.2) is 0 Å². The average molecular weight is 269 g/mol. The zero-order valence-electron chi connectivity index (χ0n) is 11.5. The van der Waals surface area contributed by atoms with Crippen molar-refractivity contribution in [2.45, 2.75) is 12.8 Å². The fraction of sp³-hybridized carbons (Fsp3) is 0.294. The molecule has 104 valence electrons. The summed E-state index contributed by atoms with van der Waals surface area (Å²) in [6, 6.07) is 14.5. The molecule has 0 atom stereocenters. The molecular formula is C17H19NO2. The molecule has 0 aromatic heterocycles. The standard InChI is InChI=1S/C17H19NO2/c18-9-11-19-16-6-3-13(4-7-16)14-5-8-17-15(12-14)2-1-10-20-17/h3-8,12H,1-2,9-11,18H2. The van der Waals surface area contributed by atoms with Crippen LogP contribution in [0.2, 0.25) is 0 Å². The Balaban J connectivity index is 1.81. The van der Waals surface area contributed by atoms with Crippen molar-refractivity contribution in [1.82, 2.24) is 0 Å². The monoisotopic (exact) mass is 269 g/mol. The molecule has 3 rings (SSSR count). The van der Waals surface area contributed by atoms with Crippen LogP contribution in [0.15, 0.2) is 42.5 Å². The number of aryl methyl sites for hydroxylation is 1. The van der Waals surface area contributed by atoms with E-state index in [2.05, 4.69) is 30.3 Å². The van der Waals surface area contributed by atoms with Crippen LogP contribution in [0.3, 0.4) is 0 Å². The van der Waals surface area contributed by atoms with Crippen molar-refractivity contribution in [1.29, 1.82) is 0 Å². The Morgan fingerprint density at radius 1 is 1.05 bits per heavy atom. The summed E-state index contributed by atoms with van der Waals surface area (Å²) in [5.74, 6) is 1.89. The van der Waals surface area contributed by atoms with E-state index >= 15 is 0 Å². The molecule has 0 spiro atoms. The molecule has 0 saturated heterocycles. The summed E-state index contributed by atoms with van der Waals surface area (Å²) in [6.07, 6.45) is 2.20. The summed E-state index contributed by atoms with van der Waals surface area (Å²) in [5.41, 5.74) is 9.14. The Labute approximate surface area is 119 Å². The predicted octanol–water partition coefficient (Wildman–Crippen LogP) is 3.02. The highest BCUT2D eigenvalue weighted by Gasteiger charge is 2.11. The van der Waals surface area contributed by atoms with Gasteiger partial charge in [0, 0.05) is 6.54 Å². The third kappa shape index (κ3) is 2.78. The van der Waals surface area contributed by atoms with Crippen molar-refractivity contribution < 1.29 is 9.47 Å². The first-order valence-corrected chi connectivity index (χ1v) is 7.06. The fourth-order valence-corrected chi connectivity index (χ4v) is 2.46. The Kier molecular flexibility index (Phi) is 3.88. The molecule has 0 amide bonds. The molecule has 2 aromatic carbocycles. The van der Waals surface area contributed by atoms with Gasteiger partial charge in [0.15, 0.2) is 0 Å². The third-order valence-electron chi connectivity index (χ3n) is 3.48. The summed E-state index contributed by atoms with van der Waals surface area (Å²) in [4.78, 5) is 0. The van der Waals surface area contributed by atoms with Gasteiger partial charge in [-0.3, -0.25) is 0 Å². The lowest BCUT2D eigenvalue weighted by Crippen LogP contribution is -2.10. The molecule has 2 N–H and O–H groups in total. The SMILES string of the molecule is NCCOc1ccc(-c2ccc3c(c2)CCCO3)cc1. The van der Waals surface area contributed by atoms with Gasteiger partial charge in [-0.05, 0) is 53.8 Å². The van der Waals surface area contributed by atoms with E-state index in [1.807, 2.05) is 12.1 Å². The summed E-state index contributed by atoms with van der Waals surface area (Å²) < 4.78 is 11.1. The molecule has 3 heteroatoms. The van der Waals surface area contributed by atoms with Gasteiger partial charge >= 0.3 is 0 Å². The smallest absolute Gasteiger partial charge is 0.122 e. The van der Waals surface area contributed by atoms with Crippen LogP contribution < -0.4 is 15.2 Å². The molecular weight excluding hydrogens is 250 g/mol. The van der Waals surface area contributed by atoms with Crippen molar-refractivity contribution in [3.8, 4) is 22.6 Å². The summed E-state index contributed by atoms with van der Waals surface area (Å²) in [7, 11) is 0. The lowest BCUT2D eigenvalue weighted by molar-refractivity contribution is 0.288. The Bertz CT molecular complexity index is 578. The van der Waals surface area contributed by atoms with Gasteiger partial charge in [0.05, 0.1) is 6.61 Å². The van der Waals surface area contributed by atoms with Crippen molar-refractivity contribution in [3.63, 3.8) is 0 Å². The van der Waals surface area contributed by atoms with Crippen LogP contribution in [-0.4, -0.2) is 19.8 Å². The third-order valence-corrected chi connectivity index (χ3v) is 3.48. The van der Waals surface area contributed by atoms with Crippen LogP contribution in [0.4, 0.5) is 0 Å². The molecule has 0 radical (unpaired) electrons. The van der Waals surface area contributed by atoms with E-state index in [9.17, 15) is 0 Å². The average Bonchev–Trinajstić information content (AvgIpc) is 2.53. The maximum atomic E-state index is 5.65. The first-order valence-electron chi connectivity index (χ1n) is 7.06. The number of hydrogen-bond acceptors (Lipinski definition) is 3. The quantitative estimate of drug-likeness (QED) is 0.928. The van der Waals surface area contributed by atoms with Gasteiger partial charge in [-0.2, -0.15) is 0 Å². The number of ether oxygens (including phenoxy) is 2. The zero-order chi connectivity index (χ0) is 13.8. The summed E-state index contributed by atoms with van der Waals surface area (Å²) in [6.45, 7) is 1.92. The van der Waals surface area contributed by atoms with Crippen LogP contribution in [0.25, 0.3) is 11.1 Å². The van der Waals surface area contributed by atoms with E-state index in [4.69, 9.17) is 15.2 Å². The van der Waals surface area contributed by atoms with Crippen LogP contribution in [0, 0.1) is 0 Å². The molecule has 0 bridgehead atoms. The second-order valence-electron chi connectivity index (χ2n) is 4.94. The number of fused-ring (bicyclic) bond motifs is 1. The lowest BCUT2D eigenvalue weighted by Gasteiger charge is -2.18. The molecule has 20 heavy (non-hydrogen) atoms. The van der Waals surface area contributed by atoms with Gasteiger partial charge in [0.25, 0.3) is 0 Å². The number of nitrogens with two attached hydrogens (primary N) is 1. The second-order valence-corrected chi connectivity index (χ2v) is 4.94. The van der Waals surface area contributed by atoms with Crippen LogP contribution >= 0.6 is 0 Å². The normalized spacial score (nSPS) is 13.4. The first-order chi connectivity index (χ1) is 9.86. The van der Waals surface area contributed by atoms with Crippen molar-refractivity contribution in [3.05, 3.63) is 48.0 Å². The zero-order valence-corrected chi connectivity index (χ0v) is 11.5. The van der Waals surface area contributed by atoms with Gasteiger partial charge in [-0.15, -0.1) is 0 Å². The minimum absolute atomic E-state index is 0.534. The van der Waals surface area contributed by atoms with E-state index in [0.29, 0.717) is 13.2 Å². The van der Waals surface area contributed by atoms with Crippen LogP contribution in [0.5, 0.6) is 11.5 Å². The molecule has 0 saturated carbocycles. The summed E-state index contributed by atoms with van der Waals surface area (Å²) >= 11 is 0. The van der Waals surface area contributed by atoms with Crippen LogP contribution in [-0.2, 0) is 6.42 Å². The second kappa shape index (κ2) is 5.97. The van der Waals surface area contributed by atoms with E-state index < -0.39 is 0 Å². The molecule has 0 unspecified atom stereocenters. The maximum absolute atomic E-state index is 5.65. The van der Waals surface area contributed by atoms with Gasteiger partial charge in [0.2, 0.25) is 0 Å². The molecule has 1 heterocycles. The van der Waals surface area contributed by atoms with Crippen molar-refractivity contribution in [2.24, 2.45) is 5.73 Å². The number of hydrogen-bond donors (Lipinski definition) is 1. The molecule has 0 aliphatic carbocycles. The fourth-order valence-electron chi connectivity index (χ4n) is 2.46. The van der Waals surface area contributed by atoms with Crippen molar-refractivity contribution >= 4 is 0 Å². The molecule has 2 aromatic rings. The van der Waals surface area contributed by atoms with E-state index in [1.165, 1.54) is 16.7 Å². The Morgan fingerprint density at radius 2 is 1.85 bits per heavy atom. The Morgan fingerprint density at radius 3 is 2.65 bits per heavy atom. The highest BCUT2D eigenvalue weighted by molar-refractivity contribution is 5.66. The molecule has 3 nitrogen and oxygen atoms in total. The lowest BCUT2D eigenvalue weighted by atomic mass is 9.99. The van der Waals surface area contributed by atoms with Gasteiger partial charge < -0.3 is 15.2 Å². The van der Waals surface area contributed by atoms with E-state index in [-0.39, 0.29) is 0 Å². The predicted molar refractivity (Wildman–Crippen MR) is 80.2 cm³/mol. The highest BCUT2D eigenvalue weighted by Crippen LogP contribution is 2.30. The molecule has 0 fully saturated rings. The molecule has 1 aliphatic heterocycles.